The fourth-order valence-electron chi connectivity index (χ4n) is 3.32. The third-order valence-electron chi connectivity index (χ3n) is 4.98. The van der Waals surface area contributed by atoms with E-state index in [2.05, 4.69) is 15.3 Å². The number of aliphatic hydroxyl groups excluding tert-OH is 1. The third-order valence-corrected chi connectivity index (χ3v) is 4.98. The van der Waals surface area contributed by atoms with Crippen LogP contribution in [0.15, 0.2) is 24.3 Å². The molecule has 1 aromatic heterocycles. The van der Waals surface area contributed by atoms with Crippen molar-refractivity contribution in [1.29, 1.82) is 0 Å². The van der Waals surface area contributed by atoms with Crippen LogP contribution in [0.2, 0.25) is 0 Å². The summed E-state index contributed by atoms with van der Waals surface area (Å²) in [7, 11) is 1.89. The van der Waals surface area contributed by atoms with Gasteiger partial charge in [0.15, 0.2) is 0 Å². The highest BCUT2D eigenvalue weighted by molar-refractivity contribution is 5.92. The van der Waals surface area contributed by atoms with Crippen LogP contribution in [-0.2, 0) is 18.3 Å². The molecule has 6 heteroatoms. The van der Waals surface area contributed by atoms with Gasteiger partial charge in [-0.05, 0) is 51.0 Å². The van der Waals surface area contributed by atoms with E-state index in [1.54, 1.807) is 0 Å². The SMILES string of the molecule is Cc1nn(C)c(C)c1CC(=O)Nc1ccc(N2CCC(O)CC2)cc1. The maximum absolute atomic E-state index is 12.3. The molecule has 2 aromatic rings. The Morgan fingerprint density at radius 3 is 2.44 bits per heavy atom. The number of anilines is 2. The molecule has 6 nitrogen and oxygen atoms in total. The van der Waals surface area contributed by atoms with E-state index in [1.165, 1.54) is 0 Å². The lowest BCUT2D eigenvalue weighted by atomic mass is 10.1. The van der Waals surface area contributed by atoms with Crippen molar-refractivity contribution < 1.29 is 9.90 Å². The van der Waals surface area contributed by atoms with Gasteiger partial charge in [0.1, 0.15) is 0 Å². The number of nitrogens with one attached hydrogen (secondary N) is 1. The Morgan fingerprint density at radius 2 is 1.88 bits per heavy atom. The molecule has 0 unspecified atom stereocenters. The Balaban J connectivity index is 1.60. The Kier molecular flexibility index (Phi) is 5.08. The predicted octanol–water partition coefficient (Wildman–Crippen LogP) is 2.18. The van der Waals surface area contributed by atoms with Gasteiger partial charge in [-0.1, -0.05) is 0 Å². The molecule has 0 atom stereocenters. The van der Waals surface area contributed by atoms with Crippen LogP contribution in [0, 0.1) is 13.8 Å². The summed E-state index contributed by atoms with van der Waals surface area (Å²) in [6.07, 6.45) is 1.77. The molecule has 1 aliphatic heterocycles. The number of aryl methyl sites for hydroxylation is 2. The van der Waals surface area contributed by atoms with Gasteiger partial charge >= 0.3 is 0 Å². The van der Waals surface area contributed by atoms with E-state index in [0.29, 0.717) is 6.42 Å². The number of aromatic nitrogens is 2. The second kappa shape index (κ2) is 7.27. The maximum atomic E-state index is 12.3. The summed E-state index contributed by atoms with van der Waals surface area (Å²) in [5, 5.41) is 16.9. The van der Waals surface area contributed by atoms with Gasteiger partial charge in [-0.2, -0.15) is 5.10 Å². The first-order valence-corrected chi connectivity index (χ1v) is 8.76. The van der Waals surface area contributed by atoms with Crippen LogP contribution in [0.5, 0.6) is 0 Å². The Bertz CT molecular complexity index is 744. The molecule has 3 rings (SSSR count). The molecule has 1 fully saturated rings. The molecule has 134 valence electrons. The van der Waals surface area contributed by atoms with E-state index in [1.807, 2.05) is 49.8 Å². The van der Waals surface area contributed by atoms with Gasteiger partial charge in [-0.25, -0.2) is 0 Å². The molecule has 1 amide bonds. The van der Waals surface area contributed by atoms with Crippen molar-refractivity contribution in [3.8, 4) is 0 Å². The Morgan fingerprint density at radius 1 is 1.24 bits per heavy atom. The number of hydrogen-bond acceptors (Lipinski definition) is 4. The summed E-state index contributed by atoms with van der Waals surface area (Å²) in [4.78, 5) is 14.6. The van der Waals surface area contributed by atoms with E-state index >= 15 is 0 Å². The number of aliphatic hydroxyl groups is 1. The minimum absolute atomic E-state index is 0.0342. The van der Waals surface area contributed by atoms with Crippen LogP contribution in [-0.4, -0.2) is 40.0 Å². The van der Waals surface area contributed by atoms with Crippen LogP contribution in [0.4, 0.5) is 11.4 Å². The zero-order valence-corrected chi connectivity index (χ0v) is 15.1. The van der Waals surface area contributed by atoms with Gasteiger partial charge in [0.2, 0.25) is 5.91 Å². The molecule has 2 heterocycles. The van der Waals surface area contributed by atoms with E-state index < -0.39 is 0 Å². The lowest BCUT2D eigenvalue weighted by Crippen LogP contribution is -2.35. The number of amides is 1. The van der Waals surface area contributed by atoms with Crippen molar-refractivity contribution in [2.45, 2.75) is 39.2 Å². The molecule has 1 aromatic carbocycles. The summed E-state index contributed by atoms with van der Waals surface area (Å²) >= 11 is 0. The van der Waals surface area contributed by atoms with Crippen molar-refractivity contribution in [1.82, 2.24) is 9.78 Å². The van der Waals surface area contributed by atoms with Crippen molar-refractivity contribution >= 4 is 17.3 Å². The molecule has 0 spiro atoms. The molecule has 0 radical (unpaired) electrons. The van der Waals surface area contributed by atoms with Gasteiger partial charge in [-0.15, -0.1) is 0 Å². The number of nitrogens with zero attached hydrogens (tertiary/aromatic N) is 3. The summed E-state index contributed by atoms with van der Waals surface area (Å²) in [6.45, 7) is 5.64. The topological polar surface area (TPSA) is 70.4 Å². The zero-order valence-electron chi connectivity index (χ0n) is 15.1. The number of carbonyl (C=O) groups is 1. The van der Waals surface area contributed by atoms with Crippen LogP contribution in [0.1, 0.15) is 29.8 Å². The summed E-state index contributed by atoms with van der Waals surface area (Å²) in [6, 6.07) is 7.91. The first kappa shape index (κ1) is 17.5. The van der Waals surface area contributed by atoms with Gasteiger partial charge in [0, 0.05) is 42.8 Å². The number of rotatable bonds is 4. The largest absolute Gasteiger partial charge is 0.393 e. The average molecular weight is 342 g/mol. The van der Waals surface area contributed by atoms with Gasteiger partial charge in [-0.3, -0.25) is 9.48 Å². The van der Waals surface area contributed by atoms with E-state index in [-0.39, 0.29) is 12.0 Å². The lowest BCUT2D eigenvalue weighted by molar-refractivity contribution is -0.115. The molecule has 1 saturated heterocycles. The second-order valence-corrected chi connectivity index (χ2v) is 6.76. The highest BCUT2D eigenvalue weighted by Gasteiger charge is 2.17. The van der Waals surface area contributed by atoms with E-state index in [4.69, 9.17) is 0 Å². The predicted molar refractivity (Wildman–Crippen MR) is 98.9 cm³/mol. The fraction of sp³-hybridized carbons (Fsp3) is 0.474. The second-order valence-electron chi connectivity index (χ2n) is 6.76. The zero-order chi connectivity index (χ0) is 18.0. The number of hydrogen-bond donors (Lipinski definition) is 2. The first-order valence-electron chi connectivity index (χ1n) is 8.76. The van der Waals surface area contributed by atoms with Crippen LogP contribution >= 0.6 is 0 Å². The van der Waals surface area contributed by atoms with Crippen LogP contribution in [0.3, 0.4) is 0 Å². The van der Waals surface area contributed by atoms with E-state index in [0.717, 1.165) is 54.3 Å². The molecule has 1 aliphatic rings. The molecule has 0 bridgehead atoms. The van der Waals surface area contributed by atoms with Gasteiger partial charge < -0.3 is 15.3 Å². The molecule has 0 saturated carbocycles. The molecule has 2 N–H and O–H groups in total. The number of benzene rings is 1. The molecular weight excluding hydrogens is 316 g/mol. The highest BCUT2D eigenvalue weighted by atomic mass is 16.3. The minimum atomic E-state index is -0.172. The highest BCUT2D eigenvalue weighted by Crippen LogP contribution is 2.22. The fourth-order valence-corrected chi connectivity index (χ4v) is 3.32. The minimum Gasteiger partial charge on any atom is -0.393 e. The quantitative estimate of drug-likeness (QED) is 0.893. The summed E-state index contributed by atoms with van der Waals surface area (Å²) in [5.74, 6) is -0.0342. The smallest absolute Gasteiger partial charge is 0.228 e. The maximum Gasteiger partial charge on any atom is 0.228 e. The molecule has 0 aliphatic carbocycles. The van der Waals surface area contributed by atoms with Crippen molar-refractivity contribution in [2.24, 2.45) is 7.05 Å². The van der Waals surface area contributed by atoms with Crippen LogP contribution < -0.4 is 10.2 Å². The molecular formula is C19H26N4O2. The number of carbonyl (C=O) groups excluding carboxylic acids is 1. The number of piperidine rings is 1. The summed E-state index contributed by atoms with van der Waals surface area (Å²) < 4.78 is 1.81. The van der Waals surface area contributed by atoms with Gasteiger partial charge in [0.25, 0.3) is 0 Å². The third kappa shape index (κ3) is 4.02. The van der Waals surface area contributed by atoms with E-state index in [9.17, 15) is 9.90 Å². The van der Waals surface area contributed by atoms with Crippen molar-refractivity contribution in [2.75, 3.05) is 23.3 Å². The van der Waals surface area contributed by atoms with Crippen LogP contribution in [0.25, 0.3) is 0 Å². The van der Waals surface area contributed by atoms with Gasteiger partial charge in [0.05, 0.1) is 18.2 Å². The average Bonchev–Trinajstić information content (AvgIpc) is 2.83. The Labute approximate surface area is 148 Å². The summed E-state index contributed by atoms with van der Waals surface area (Å²) in [5.41, 5.74) is 4.84. The standard InChI is InChI=1S/C19H26N4O2/c1-13-18(14(2)22(3)21-13)12-19(25)20-15-4-6-16(7-5-15)23-10-8-17(24)9-11-23/h4-7,17,24H,8-12H2,1-3H3,(H,20,25). The normalized spacial score (nSPS) is 15.4. The first-order chi connectivity index (χ1) is 11.9. The Hall–Kier alpha value is -2.34. The van der Waals surface area contributed by atoms with Crippen molar-refractivity contribution in [3.63, 3.8) is 0 Å². The monoisotopic (exact) mass is 342 g/mol. The molecule has 25 heavy (non-hydrogen) atoms. The lowest BCUT2D eigenvalue weighted by Gasteiger charge is -2.31. The van der Waals surface area contributed by atoms with Crippen molar-refractivity contribution in [3.05, 3.63) is 41.2 Å².